The van der Waals surface area contributed by atoms with E-state index in [-0.39, 0.29) is 47.1 Å². The van der Waals surface area contributed by atoms with Crippen LogP contribution in [-0.2, 0) is 4.79 Å². The summed E-state index contributed by atoms with van der Waals surface area (Å²) >= 11 is 0. The molecule has 0 bridgehead atoms. The summed E-state index contributed by atoms with van der Waals surface area (Å²) in [5.41, 5.74) is 8.00. The third-order valence-corrected chi connectivity index (χ3v) is 7.02. The normalized spacial score (nSPS) is 16.5. The number of hydrogen-bond donors (Lipinski definition) is 2. The Morgan fingerprint density at radius 2 is 2.00 bits per heavy atom. The molecule has 0 radical (unpaired) electrons. The number of aromatic nitrogens is 2. The van der Waals surface area contributed by atoms with Crippen molar-refractivity contribution in [2.45, 2.75) is 38.1 Å². The quantitative estimate of drug-likeness (QED) is 0.421. The lowest BCUT2D eigenvalue weighted by Gasteiger charge is -2.40. The topological polar surface area (TPSA) is 110 Å². The summed E-state index contributed by atoms with van der Waals surface area (Å²) in [5.74, 6) is -1.62. The third kappa shape index (κ3) is 4.93. The summed E-state index contributed by atoms with van der Waals surface area (Å²) in [4.78, 5) is 34.8. The monoisotopic (exact) mass is 519 g/mol. The van der Waals surface area contributed by atoms with Crippen LogP contribution in [0.3, 0.4) is 0 Å². The van der Waals surface area contributed by atoms with Crippen LogP contribution in [0.4, 0.5) is 20.3 Å². The number of anilines is 2. The zero-order chi connectivity index (χ0) is 27.0. The number of ether oxygens (including phenoxy) is 1. The van der Waals surface area contributed by atoms with Gasteiger partial charge in [-0.1, -0.05) is 12.6 Å². The molecule has 2 aliphatic rings. The molecule has 1 atom stereocenters. The van der Waals surface area contributed by atoms with Crippen LogP contribution >= 0.6 is 0 Å². The molecular weight excluding hydrogens is 492 g/mol. The Bertz CT molecular complexity index is 1440. The van der Waals surface area contributed by atoms with Crippen molar-refractivity contribution in [3.05, 3.63) is 77.6 Å². The number of hydrogen-bond acceptors (Lipinski definition) is 6. The van der Waals surface area contributed by atoms with Crippen molar-refractivity contribution in [1.29, 1.82) is 0 Å². The summed E-state index contributed by atoms with van der Waals surface area (Å²) in [6.45, 7) is 5.92. The standard InChI is InChI=1S/C28H27F2N5O3/c1-3-24(36)35-9-8-19(35)13-38-26-25(32-14-33-27(26)31)21-11-18(29)12-23(15(21)2)34-28(37)20-7-6-17(10-22(20)30)16-4-5-16/h3,6-7,10-12,14,16,19H,1,4-5,8-9,13H2,2H3,(H,34,37)(H2,31,32,33). The van der Waals surface area contributed by atoms with Gasteiger partial charge in [-0.15, -0.1) is 0 Å². The zero-order valence-corrected chi connectivity index (χ0v) is 20.8. The number of amides is 2. The highest BCUT2D eigenvalue weighted by Gasteiger charge is 2.32. The van der Waals surface area contributed by atoms with Crippen LogP contribution < -0.4 is 15.8 Å². The molecule has 38 heavy (non-hydrogen) atoms. The first-order valence-corrected chi connectivity index (χ1v) is 12.3. The zero-order valence-electron chi connectivity index (χ0n) is 20.8. The van der Waals surface area contributed by atoms with Gasteiger partial charge in [-0.25, -0.2) is 18.7 Å². The summed E-state index contributed by atoms with van der Waals surface area (Å²) in [7, 11) is 0. The number of carbonyl (C=O) groups excluding carboxylic acids is 2. The van der Waals surface area contributed by atoms with Gasteiger partial charge in [-0.3, -0.25) is 9.59 Å². The van der Waals surface area contributed by atoms with E-state index in [4.69, 9.17) is 10.5 Å². The number of carbonyl (C=O) groups is 2. The van der Waals surface area contributed by atoms with E-state index in [2.05, 4.69) is 21.9 Å². The summed E-state index contributed by atoms with van der Waals surface area (Å²) in [6, 6.07) is 6.82. The van der Waals surface area contributed by atoms with E-state index in [1.165, 1.54) is 30.6 Å². The highest BCUT2D eigenvalue weighted by molar-refractivity contribution is 6.05. The molecule has 3 N–H and O–H groups in total. The van der Waals surface area contributed by atoms with Crippen molar-refractivity contribution in [3.63, 3.8) is 0 Å². The minimum absolute atomic E-state index is 0.0444. The van der Waals surface area contributed by atoms with E-state index >= 15 is 0 Å². The van der Waals surface area contributed by atoms with Gasteiger partial charge in [0.25, 0.3) is 5.91 Å². The second-order valence-corrected chi connectivity index (χ2v) is 9.52. The lowest BCUT2D eigenvalue weighted by molar-refractivity contribution is -0.134. The van der Waals surface area contributed by atoms with Crippen molar-refractivity contribution in [3.8, 4) is 17.0 Å². The SMILES string of the molecule is C=CC(=O)N1CCC1COc1c(N)ncnc1-c1cc(F)cc(NC(=O)c2ccc(C3CC3)cc2F)c1C. The first-order chi connectivity index (χ1) is 18.3. The van der Waals surface area contributed by atoms with Crippen LogP contribution in [0, 0.1) is 18.6 Å². The van der Waals surface area contributed by atoms with Crippen LogP contribution in [0.25, 0.3) is 11.3 Å². The van der Waals surface area contributed by atoms with E-state index in [0.717, 1.165) is 30.9 Å². The Balaban J connectivity index is 1.41. The van der Waals surface area contributed by atoms with Gasteiger partial charge in [0.05, 0.1) is 11.6 Å². The van der Waals surface area contributed by atoms with Gasteiger partial charge < -0.3 is 20.7 Å². The Kier molecular flexibility index (Phi) is 6.79. The van der Waals surface area contributed by atoms with Crippen LogP contribution in [0.15, 0.2) is 49.3 Å². The number of benzene rings is 2. The summed E-state index contributed by atoms with van der Waals surface area (Å²) in [5, 5.41) is 2.62. The molecule has 1 aliphatic heterocycles. The summed E-state index contributed by atoms with van der Waals surface area (Å²) in [6.07, 6.45) is 5.25. The molecule has 1 aliphatic carbocycles. The second-order valence-electron chi connectivity index (χ2n) is 9.52. The van der Waals surface area contributed by atoms with Gasteiger partial charge in [0.2, 0.25) is 5.91 Å². The number of nitrogens with one attached hydrogen (secondary N) is 1. The average molecular weight is 520 g/mol. The van der Waals surface area contributed by atoms with Gasteiger partial charge in [-0.2, -0.15) is 0 Å². The molecule has 8 nitrogen and oxygen atoms in total. The third-order valence-electron chi connectivity index (χ3n) is 7.02. The Hall–Kier alpha value is -4.34. The lowest BCUT2D eigenvalue weighted by Crippen LogP contribution is -2.53. The maximum atomic E-state index is 14.8. The van der Waals surface area contributed by atoms with E-state index in [9.17, 15) is 18.4 Å². The molecule has 10 heteroatoms. The van der Waals surface area contributed by atoms with Crippen molar-refractivity contribution in [2.24, 2.45) is 0 Å². The van der Waals surface area contributed by atoms with Crippen LogP contribution in [0.1, 0.15) is 46.7 Å². The number of nitrogen functional groups attached to an aromatic ring is 1. The highest BCUT2D eigenvalue weighted by Crippen LogP contribution is 2.41. The summed E-state index contributed by atoms with van der Waals surface area (Å²) < 4.78 is 35.4. The fourth-order valence-electron chi connectivity index (χ4n) is 4.55. The van der Waals surface area contributed by atoms with Crippen LogP contribution in [0.2, 0.25) is 0 Å². The van der Waals surface area contributed by atoms with Crippen molar-refractivity contribution < 1.29 is 23.1 Å². The first kappa shape index (κ1) is 25.3. The maximum Gasteiger partial charge on any atom is 0.258 e. The smallest absolute Gasteiger partial charge is 0.258 e. The van der Waals surface area contributed by atoms with Crippen LogP contribution in [-0.4, -0.2) is 45.9 Å². The molecule has 5 rings (SSSR count). The molecule has 2 aromatic carbocycles. The molecule has 2 amide bonds. The highest BCUT2D eigenvalue weighted by atomic mass is 19.1. The molecule has 1 aromatic heterocycles. The van der Waals surface area contributed by atoms with Crippen molar-refractivity contribution >= 4 is 23.3 Å². The molecule has 2 heterocycles. The van der Waals surface area contributed by atoms with E-state index in [0.29, 0.717) is 23.6 Å². The van der Waals surface area contributed by atoms with Crippen molar-refractivity contribution in [1.82, 2.24) is 14.9 Å². The predicted molar refractivity (Wildman–Crippen MR) is 139 cm³/mol. The van der Waals surface area contributed by atoms with Crippen molar-refractivity contribution in [2.75, 3.05) is 24.2 Å². The van der Waals surface area contributed by atoms with E-state index in [1.807, 2.05) is 0 Å². The van der Waals surface area contributed by atoms with Crippen LogP contribution in [0.5, 0.6) is 5.75 Å². The molecule has 1 saturated carbocycles. The van der Waals surface area contributed by atoms with Gasteiger partial charge in [-0.05, 0) is 73.6 Å². The fraction of sp³-hybridized carbons (Fsp3) is 0.286. The predicted octanol–water partition coefficient (Wildman–Crippen LogP) is 4.61. The van der Waals surface area contributed by atoms with E-state index in [1.54, 1.807) is 17.9 Å². The number of rotatable bonds is 8. The Morgan fingerprint density at radius 1 is 1.21 bits per heavy atom. The second kappa shape index (κ2) is 10.2. The average Bonchev–Trinajstić information content (AvgIpc) is 3.71. The maximum absolute atomic E-state index is 14.8. The molecule has 1 saturated heterocycles. The Labute approximate surface area is 218 Å². The minimum Gasteiger partial charge on any atom is -0.485 e. The van der Waals surface area contributed by atoms with Gasteiger partial charge in [0, 0.05) is 17.8 Å². The van der Waals surface area contributed by atoms with Gasteiger partial charge in [0.1, 0.15) is 30.3 Å². The molecule has 0 spiro atoms. The first-order valence-electron chi connectivity index (χ1n) is 12.3. The molecule has 196 valence electrons. The Morgan fingerprint density at radius 3 is 2.66 bits per heavy atom. The number of likely N-dealkylation sites (tertiary alicyclic amines) is 1. The molecule has 2 fully saturated rings. The largest absolute Gasteiger partial charge is 0.485 e. The molecule has 3 aromatic rings. The number of nitrogens with zero attached hydrogens (tertiary/aromatic N) is 3. The number of nitrogens with two attached hydrogens (primary N) is 1. The minimum atomic E-state index is -0.694. The lowest BCUT2D eigenvalue weighted by atomic mass is 10.0. The molecule has 1 unspecified atom stereocenters. The molecular formula is C28H27F2N5O3. The van der Waals surface area contributed by atoms with Gasteiger partial charge >= 0.3 is 0 Å². The fourth-order valence-corrected chi connectivity index (χ4v) is 4.55. The number of halogens is 2. The van der Waals surface area contributed by atoms with Gasteiger partial charge in [0.15, 0.2) is 11.6 Å². The van der Waals surface area contributed by atoms with E-state index < -0.39 is 17.5 Å².